The Morgan fingerprint density at radius 3 is 2.50 bits per heavy atom. The number of nitrogens with one attached hydrogen (secondary N) is 2. The van der Waals surface area contributed by atoms with E-state index in [1.807, 2.05) is 0 Å². The highest BCUT2D eigenvalue weighted by molar-refractivity contribution is 7.90. The summed E-state index contributed by atoms with van der Waals surface area (Å²) in [6.07, 6.45) is 1.21. The van der Waals surface area contributed by atoms with Gasteiger partial charge in [-0.05, 0) is 42.0 Å². The lowest BCUT2D eigenvalue weighted by Gasteiger charge is -2.16. The molecule has 2 N–H and O–H groups in total. The van der Waals surface area contributed by atoms with E-state index in [4.69, 9.17) is 0 Å². The molecule has 1 aromatic heterocycles. The lowest BCUT2D eigenvalue weighted by molar-refractivity contribution is 0.586. The summed E-state index contributed by atoms with van der Waals surface area (Å²) in [5, 5.41) is 3.44. The molecule has 2 aromatic carbocycles. The maximum atomic E-state index is 11.6. The molecule has 0 radical (unpaired) electrons. The smallest absolute Gasteiger partial charge is 0.175 e. The molecule has 3 aromatic rings. The molecule has 4 rings (SSSR count). The van der Waals surface area contributed by atoms with Crippen molar-refractivity contribution >= 4 is 26.6 Å². The average molecular weight is 341 g/mol. The second-order valence-electron chi connectivity index (χ2n) is 7.03. The number of aromatic amines is 1. The number of H-pyrrole nitrogens is 1. The highest BCUT2D eigenvalue weighted by atomic mass is 32.2. The van der Waals surface area contributed by atoms with E-state index in [2.05, 4.69) is 41.3 Å². The van der Waals surface area contributed by atoms with E-state index in [0.717, 1.165) is 34.7 Å². The van der Waals surface area contributed by atoms with Crippen molar-refractivity contribution in [3.8, 4) is 11.4 Å². The third-order valence-electron chi connectivity index (χ3n) is 4.63. The molecular weight excluding hydrogens is 322 g/mol. The van der Waals surface area contributed by atoms with Crippen LogP contribution in [0.2, 0.25) is 0 Å². The number of benzene rings is 2. The number of nitrogens with zero attached hydrogens (tertiary/aromatic N) is 1. The van der Waals surface area contributed by atoms with Crippen LogP contribution in [0.5, 0.6) is 0 Å². The van der Waals surface area contributed by atoms with Crippen LogP contribution in [0.3, 0.4) is 0 Å². The predicted octanol–water partition coefficient (Wildman–Crippen LogP) is 3.34. The van der Waals surface area contributed by atoms with Gasteiger partial charge in [0.15, 0.2) is 9.84 Å². The first-order valence-electron chi connectivity index (χ1n) is 7.83. The van der Waals surface area contributed by atoms with Crippen LogP contribution in [0.1, 0.15) is 19.4 Å². The summed E-state index contributed by atoms with van der Waals surface area (Å²) in [5.74, 6) is 0.742. The summed E-state index contributed by atoms with van der Waals surface area (Å²) < 4.78 is 23.1. The van der Waals surface area contributed by atoms with Crippen LogP contribution >= 0.6 is 0 Å². The van der Waals surface area contributed by atoms with Gasteiger partial charge in [-0.2, -0.15) is 0 Å². The third kappa shape index (κ3) is 2.38. The standard InChI is InChI=1S/C18H19N3O2S/c1-18(2)10-19-14-9-16-15(8-13(14)18)20-17(21-16)11-4-6-12(7-5-11)24(3,22)23/h4-9,19H,10H2,1-3H3,(H,20,21). The summed E-state index contributed by atoms with van der Waals surface area (Å²) in [6, 6.07) is 11.0. The lowest BCUT2D eigenvalue weighted by Crippen LogP contribution is -2.18. The van der Waals surface area contributed by atoms with Crippen LogP contribution in [0, 0.1) is 0 Å². The number of rotatable bonds is 2. The van der Waals surface area contributed by atoms with Crippen molar-refractivity contribution in [1.82, 2.24) is 9.97 Å². The Kier molecular flexibility index (Phi) is 3.06. The van der Waals surface area contributed by atoms with Gasteiger partial charge in [-0.15, -0.1) is 0 Å². The number of aromatic nitrogens is 2. The molecule has 5 nitrogen and oxygen atoms in total. The first-order valence-corrected chi connectivity index (χ1v) is 9.72. The highest BCUT2D eigenvalue weighted by Gasteiger charge is 2.30. The Morgan fingerprint density at radius 2 is 1.83 bits per heavy atom. The number of hydrogen-bond acceptors (Lipinski definition) is 4. The normalized spacial score (nSPS) is 16.1. The van der Waals surface area contributed by atoms with Crippen molar-refractivity contribution in [3.63, 3.8) is 0 Å². The Hall–Kier alpha value is -2.34. The fourth-order valence-corrected chi connectivity index (χ4v) is 3.80. The van der Waals surface area contributed by atoms with Gasteiger partial charge in [-0.1, -0.05) is 13.8 Å². The van der Waals surface area contributed by atoms with Crippen molar-refractivity contribution in [3.05, 3.63) is 42.0 Å². The van der Waals surface area contributed by atoms with Crippen LogP contribution < -0.4 is 5.32 Å². The van der Waals surface area contributed by atoms with E-state index in [1.54, 1.807) is 24.3 Å². The number of fused-ring (bicyclic) bond motifs is 2. The van der Waals surface area contributed by atoms with Gasteiger partial charge in [-0.3, -0.25) is 0 Å². The fourth-order valence-electron chi connectivity index (χ4n) is 3.17. The van der Waals surface area contributed by atoms with Crippen molar-refractivity contribution < 1.29 is 8.42 Å². The Morgan fingerprint density at radius 1 is 1.12 bits per heavy atom. The molecule has 6 heteroatoms. The lowest BCUT2D eigenvalue weighted by atomic mass is 9.87. The van der Waals surface area contributed by atoms with Crippen LogP contribution in [0.25, 0.3) is 22.4 Å². The second-order valence-corrected chi connectivity index (χ2v) is 9.05. The van der Waals surface area contributed by atoms with E-state index >= 15 is 0 Å². The van der Waals surface area contributed by atoms with Crippen molar-refractivity contribution in [2.75, 3.05) is 18.1 Å². The summed E-state index contributed by atoms with van der Waals surface area (Å²) in [5.41, 5.74) is 5.29. The molecule has 0 unspecified atom stereocenters. The monoisotopic (exact) mass is 341 g/mol. The van der Waals surface area contributed by atoms with Gasteiger partial charge < -0.3 is 10.3 Å². The predicted molar refractivity (Wildman–Crippen MR) is 96.2 cm³/mol. The topological polar surface area (TPSA) is 74.8 Å². The maximum absolute atomic E-state index is 11.6. The zero-order chi connectivity index (χ0) is 17.1. The zero-order valence-electron chi connectivity index (χ0n) is 13.8. The van der Waals surface area contributed by atoms with Gasteiger partial charge in [0.2, 0.25) is 0 Å². The van der Waals surface area contributed by atoms with E-state index in [1.165, 1.54) is 11.8 Å². The maximum Gasteiger partial charge on any atom is 0.175 e. The molecule has 1 aliphatic heterocycles. The molecule has 124 valence electrons. The molecule has 0 saturated heterocycles. The van der Waals surface area contributed by atoms with Gasteiger partial charge in [0.1, 0.15) is 5.82 Å². The Bertz CT molecular complexity index is 1050. The molecular formula is C18H19N3O2S. The van der Waals surface area contributed by atoms with Crippen molar-refractivity contribution in [2.45, 2.75) is 24.2 Å². The number of imidazole rings is 1. The fraction of sp³-hybridized carbons (Fsp3) is 0.278. The number of hydrogen-bond donors (Lipinski definition) is 2. The minimum Gasteiger partial charge on any atom is -0.384 e. The molecule has 0 atom stereocenters. The molecule has 0 fully saturated rings. The summed E-state index contributed by atoms with van der Waals surface area (Å²) >= 11 is 0. The van der Waals surface area contributed by atoms with Crippen molar-refractivity contribution in [1.29, 1.82) is 0 Å². The largest absolute Gasteiger partial charge is 0.384 e. The van der Waals surface area contributed by atoms with Crippen LogP contribution in [-0.4, -0.2) is 31.2 Å². The van der Waals surface area contributed by atoms with Crippen LogP contribution in [-0.2, 0) is 15.3 Å². The molecule has 0 amide bonds. The highest BCUT2D eigenvalue weighted by Crippen LogP contribution is 2.38. The molecule has 2 heterocycles. The minimum atomic E-state index is -3.19. The van der Waals surface area contributed by atoms with Gasteiger partial charge in [0, 0.05) is 29.5 Å². The van der Waals surface area contributed by atoms with Gasteiger partial charge in [-0.25, -0.2) is 13.4 Å². The Balaban J connectivity index is 1.79. The van der Waals surface area contributed by atoms with Crippen molar-refractivity contribution in [2.24, 2.45) is 0 Å². The van der Waals surface area contributed by atoms with Gasteiger partial charge in [0.25, 0.3) is 0 Å². The SMILES string of the molecule is CC1(C)CNc2cc3[nH]c(-c4ccc(S(C)(=O)=O)cc4)nc3cc21. The molecule has 24 heavy (non-hydrogen) atoms. The first kappa shape index (κ1) is 15.2. The molecule has 1 aliphatic rings. The number of anilines is 1. The zero-order valence-corrected chi connectivity index (χ0v) is 14.7. The number of sulfone groups is 1. The van der Waals surface area contributed by atoms with Crippen LogP contribution in [0.4, 0.5) is 5.69 Å². The van der Waals surface area contributed by atoms with E-state index in [9.17, 15) is 8.42 Å². The minimum absolute atomic E-state index is 0.0970. The summed E-state index contributed by atoms with van der Waals surface area (Å²) in [4.78, 5) is 8.32. The summed E-state index contributed by atoms with van der Waals surface area (Å²) in [7, 11) is -3.19. The van der Waals surface area contributed by atoms with E-state index < -0.39 is 9.84 Å². The molecule has 0 saturated carbocycles. The quantitative estimate of drug-likeness (QED) is 0.750. The van der Waals surface area contributed by atoms with Gasteiger partial charge in [0.05, 0.1) is 15.9 Å². The summed E-state index contributed by atoms with van der Waals surface area (Å²) in [6.45, 7) is 5.36. The van der Waals surface area contributed by atoms with Gasteiger partial charge >= 0.3 is 0 Å². The molecule has 0 spiro atoms. The third-order valence-corrected chi connectivity index (χ3v) is 5.76. The Labute approximate surface area is 141 Å². The van der Waals surface area contributed by atoms with Crippen LogP contribution in [0.15, 0.2) is 41.3 Å². The first-order chi connectivity index (χ1) is 11.2. The van der Waals surface area contributed by atoms with E-state index in [-0.39, 0.29) is 5.41 Å². The van der Waals surface area contributed by atoms with E-state index in [0.29, 0.717) is 4.90 Å². The average Bonchev–Trinajstić information content (AvgIpc) is 3.06. The molecule has 0 aliphatic carbocycles. The molecule has 0 bridgehead atoms. The second kappa shape index (κ2) is 4.83.